The molecule has 1 N–H and O–H groups in total. The second-order valence-electron chi connectivity index (χ2n) is 4.15. The zero-order valence-corrected chi connectivity index (χ0v) is 10.6. The molecule has 7 heteroatoms. The molecule has 0 unspecified atom stereocenters. The third-order valence-corrected chi connectivity index (χ3v) is 3.55. The number of nitrogens with zero attached hydrogens (tertiary/aromatic N) is 1. The Morgan fingerprint density at radius 2 is 2.17 bits per heavy atom. The number of alkyl halides is 2. The summed E-state index contributed by atoms with van der Waals surface area (Å²) >= 11 is 3.12. The highest BCUT2D eigenvalue weighted by molar-refractivity contribution is 9.10. The maximum Gasteiger partial charge on any atom is 0.408 e. The van der Waals surface area contributed by atoms with E-state index in [9.17, 15) is 18.0 Å². The van der Waals surface area contributed by atoms with Gasteiger partial charge in [-0.2, -0.15) is 0 Å². The maximum atomic E-state index is 13.3. The van der Waals surface area contributed by atoms with Crippen LogP contribution in [0.5, 0.6) is 0 Å². The predicted octanol–water partition coefficient (Wildman–Crippen LogP) is 3.65. The van der Waals surface area contributed by atoms with Gasteiger partial charge in [-0.05, 0) is 23.8 Å². The summed E-state index contributed by atoms with van der Waals surface area (Å²) in [5.74, 6) is -3.68. The normalized spacial score (nSPS) is 22.2. The van der Waals surface area contributed by atoms with E-state index < -0.39 is 36.8 Å². The summed E-state index contributed by atoms with van der Waals surface area (Å²) in [6.45, 7) is -0.865. The molecule has 1 amide bonds. The van der Waals surface area contributed by atoms with Crippen molar-refractivity contribution in [3.63, 3.8) is 0 Å². The second kappa shape index (κ2) is 4.46. The quantitative estimate of drug-likeness (QED) is 0.857. The summed E-state index contributed by atoms with van der Waals surface area (Å²) in [5.41, 5.74) is 0.217. The van der Waals surface area contributed by atoms with Crippen LogP contribution in [0.3, 0.4) is 0 Å². The van der Waals surface area contributed by atoms with Crippen LogP contribution in [0.2, 0.25) is 0 Å². The smallest absolute Gasteiger partial charge is 0.408 e. The van der Waals surface area contributed by atoms with Crippen molar-refractivity contribution in [2.45, 2.75) is 18.4 Å². The molecular formula is C11H9BrF3NO2. The number of likely N-dealkylation sites (tertiary alicyclic amines) is 1. The molecule has 98 valence electrons. The zero-order valence-electron chi connectivity index (χ0n) is 9.04. The third-order valence-electron chi connectivity index (χ3n) is 2.83. The van der Waals surface area contributed by atoms with Gasteiger partial charge in [0, 0.05) is 10.9 Å². The fourth-order valence-electron chi connectivity index (χ4n) is 2.07. The molecule has 2 rings (SSSR count). The highest BCUT2D eigenvalue weighted by atomic mass is 79.9. The van der Waals surface area contributed by atoms with E-state index in [1.807, 2.05) is 0 Å². The van der Waals surface area contributed by atoms with Gasteiger partial charge in [-0.25, -0.2) is 18.0 Å². The number of benzene rings is 1. The summed E-state index contributed by atoms with van der Waals surface area (Å²) in [6, 6.07) is 2.58. The lowest BCUT2D eigenvalue weighted by molar-refractivity contribution is 0.0126. The number of amides is 1. The fraction of sp³-hybridized carbons (Fsp3) is 0.364. The average Bonchev–Trinajstić information content (AvgIpc) is 2.58. The van der Waals surface area contributed by atoms with Gasteiger partial charge < -0.3 is 5.11 Å². The molecule has 18 heavy (non-hydrogen) atoms. The second-order valence-corrected chi connectivity index (χ2v) is 5.01. The van der Waals surface area contributed by atoms with Crippen molar-refractivity contribution in [3.8, 4) is 0 Å². The van der Waals surface area contributed by atoms with Crippen LogP contribution < -0.4 is 0 Å². The number of rotatable bonds is 1. The number of halogens is 4. The predicted molar refractivity (Wildman–Crippen MR) is 61.1 cm³/mol. The van der Waals surface area contributed by atoms with E-state index in [1.54, 1.807) is 0 Å². The lowest BCUT2D eigenvalue weighted by Crippen LogP contribution is -2.31. The van der Waals surface area contributed by atoms with Crippen molar-refractivity contribution in [1.29, 1.82) is 0 Å². The molecule has 3 nitrogen and oxygen atoms in total. The number of hydrogen-bond acceptors (Lipinski definition) is 1. The Labute approximate surface area is 109 Å². The Morgan fingerprint density at radius 1 is 1.50 bits per heavy atom. The first kappa shape index (κ1) is 13.2. The van der Waals surface area contributed by atoms with Gasteiger partial charge in [-0.15, -0.1) is 0 Å². The van der Waals surface area contributed by atoms with Gasteiger partial charge in [0.15, 0.2) is 0 Å². The van der Waals surface area contributed by atoms with Gasteiger partial charge in [-0.1, -0.05) is 15.9 Å². The lowest BCUT2D eigenvalue weighted by atomic mass is 10.0. The molecule has 0 bridgehead atoms. The van der Waals surface area contributed by atoms with E-state index in [-0.39, 0.29) is 5.56 Å². The molecule has 1 aromatic rings. The molecule has 1 heterocycles. The molecule has 0 saturated carbocycles. The first-order chi connectivity index (χ1) is 8.30. The first-order valence-corrected chi connectivity index (χ1v) is 5.92. The monoisotopic (exact) mass is 323 g/mol. The molecule has 0 spiro atoms. The van der Waals surface area contributed by atoms with Crippen LogP contribution in [-0.2, 0) is 0 Å². The van der Waals surface area contributed by atoms with Gasteiger partial charge in [0.1, 0.15) is 5.82 Å². The van der Waals surface area contributed by atoms with Crippen LogP contribution in [0, 0.1) is 5.82 Å². The minimum Gasteiger partial charge on any atom is -0.465 e. The van der Waals surface area contributed by atoms with E-state index in [2.05, 4.69) is 15.9 Å². The summed E-state index contributed by atoms with van der Waals surface area (Å²) in [5, 5.41) is 8.92. The molecule has 1 aliphatic heterocycles. The van der Waals surface area contributed by atoms with Crippen LogP contribution in [0.1, 0.15) is 18.0 Å². The van der Waals surface area contributed by atoms with Crippen molar-refractivity contribution < 1.29 is 23.1 Å². The van der Waals surface area contributed by atoms with Gasteiger partial charge in [0.25, 0.3) is 5.92 Å². The Hall–Kier alpha value is -1.24. The van der Waals surface area contributed by atoms with E-state index in [0.717, 1.165) is 6.07 Å². The van der Waals surface area contributed by atoms with Crippen molar-refractivity contribution in [2.75, 3.05) is 6.54 Å². The molecule has 1 atom stereocenters. The van der Waals surface area contributed by atoms with Crippen LogP contribution in [0.25, 0.3) is 0 Å². The molecule has 0 aliphatic carbocycles. The van der Waals surface area contributed by atoms with E-state index >= 15 is 0 Å². The van der Waals surface area contributed by atoms with Crippen molar-refractivity contribution in [2.24, 2.45) is 0 Å². The molecular weight excluding hydrogens is 315 g/mol. The number of carbonyl (C=O) groups is 1. The molecule has 0 radical (unpaired) electrons. The lowest BCUT2D eigenvalue weighted by Gasteiger charge is -2.21. The van der Waals surface area contributed by atoms with E-state index in [0.29, 0.717) is 9.37 Å². The minimum absolute atomic E-state index is 0.217. The van der Waals surface area contributed by atoms with Gasteiger partial charge in [0.05, 0.1) is 12.6 Å². The molecule has 1 aromatic carbocycles. The average molecular weight is 324 g/mol. The maximum absolute atomic E-state index is 13.3. The number of carboxylic acid groups (broad SMARTS) is 1. The highest BCUT2D eigenvalue weighted by Crippen LogP contribution is 2.43. The minimum atomic E-state index is -3.09. The van der Waals surface area contributed by atoms with Gasteiger partial charge in [0.2, 0.25) is 0 Å². The highest BCUT2D eigenvalue weighted by Gasteiger charge is 2.48. The van der Waals surface area contributed by atoms with Gasteiger partial charge >= 0.3 is 6.09 Å². The van der Waals surface area contributed by atoms with Crippen molar-refractivity contribution in [1.82, 2.24) is 4.90 Å². The Morgan fingerprint density at radius 3 is 2.78 bits per heavy atom. The standard InChI is InChI=1S/C11H9BrF3NO2/c12-8-2-1-6(13)3-7(8)9-4-11(14,15)5-16(9)10(17)18/h1-3,9H,4-5H2,(H,17,18)/t9-/m1/s1. The van der Waals surface area contributed by atoms with Crippen LogP contribution in [0.15, 0.2) is 22.7 Å². The van der Waals surface area contributed by atoms with Gasteiger partial charge in [-0.3, -0.25) is 4.90 Å². The van der Waals surface area contributed by atoms with Crippen molar-refractivity contribution >= 4 is 22.0 Å². The summed E-state index contributed by atoms with van der Waals surface area (Å²) in [7, 11) is 0. The van der Waals surface area contributed by atoms with Crippen molar-refractivity contribution in [3.05, 3.63) is 34.1 Å². The van der Waals surface area contributed by atoms with E-state index in [1.165, 1.54) is 12.1 Å². The van der Waals surface area contributed by atoms with Crippen LogP contribution in [0.4, 0.5) is 18.0 Å². The molecule has 1 saturated heterocycles. The summed E-state index contributed by atoms with van der Waals surface area (Å²) < 4.78 is 40.2. The molecule has 0 aromatic heterocycles. The topological polar surface area (TPSA) is 40.5 Å². The van der Waals surface area contributed by atoms with Crippen LogP contribution >= 0.6 is 15.9 Å². The Bertz CT molecular complexity index is 495. The Kier molecular flexibility index (Phi) is 3.27. The summed E-state index contributed by atoms with van der Waals surface area (Å²) in [4.78, 5) is 11.6. The zero-order chi connectivity index (χ0) is 13.5. The SMILES string of the molecule is O=C(O)N1CC(F)(F)C[C@@H]1c1cc(F)ccc1Br. The van der Waals surface area contributed by atoms with E-state index in [4.69, 9.17) is 5.11 Å². The third kappa shape index (κ3) is 2.45. The Balaban J connectivity index is 2.42. The fourth-order valence-corrected chi connectivity index (χ4v) is 2.58. The largest absolute Gasteiger partial charge is 0.465 e. The molecule has 1 aliphatic rings. The number of hydrogen-bond donors (Lipinski definition) is 1. The summed E-state index contributed by atoms with van der Waals surface area (Å²) in [6.07, 6.45) is -2.07. The molecule has 1 fully saturated rings. The first-order valence-electron chi connectivity index (χ1n) is 5.12. The van der Waals surface area contributed by atoms with Crippen LogP contribution in [-0.4, -0.2) is 28.6 Å².